The van der Waals surface area contributed by atoms with Gasteiger partial charge in [-0.05, 0) is 19.1 Å². The summed E-state index contributed by atoms with van der Waals surface area (Å²) in [7, 11) is 5.35. The molecule has 0 aliphatic heterocycles. The number of aliphatic imine (C=N–C) groups is 1. The minimum absolute atomic E-state index is 0.0608. The van der Waals surface area contributed by atoms with Gasteiger partial charge in [0, 0.05) is 27.9 Å². The van der Waals surface area contributed by atoms with E-state index in [0.717, 1.165) is 0 Å². The third kappa shape index (κ3) is 5.34. The Kier molecular flexibility index (Phi) is 7.90. The molecule has 1 unspecified atom stereocenters. The number of amidine groups is 1. The van der Waals surface area contributed by atoms with Crippen LogP contribution in [0.25, 0.3) is 0 Å². The highest BCUT2D eigenvalue weighted by atomic mass is 32.2. The predicted molar refractivity (Wildman–Crippen MR) is 99.5 cm³/mol. The maximum absolute atomic E-state index is 11.3. The molecule has 0 aliphatic carbocycles. The molecule has 0 aromatic heterocycles. The lowest BCUT2D eigenvalue weighted by Crippen LogP contribution is -2.23. The highest BCUT2D eigenvalue weighted by Gasteiger charge is 2.14. The van der Waals surface area contributed by atoms with Crippen LogP contribution in [-0.2, 0) is 15.9 Å². The van der Waals surface area contributed by atoms with E-state index in [9.17, 15) is 9.32 Å². The Bertz CT molecular complexity index is 659. The molecule has 1 atom stereocenters. The predicted octanol–water partition coefficient (Wildman–Crippen LogP) is 1.46. The zero-order valence-electron chi connectivity index (χ0n) is 14.3. The van der Waals surface area contributed by atoms with Gasteiger partial charge in [-0.15, -0.1) is 4.40 Å². The number of phenols is 1. The van der Waals surface area contributed by atoms with Crippen LogP contribution in [0.4, 0.5) is 5.69 Å². The van der Waals surface area contributed by atoms with E-state index in [1.165, 1.54) is 0 Å². The molecule has 0 saturated heterocycles. The number of para-hydroxylation sites is 1. The van der Waals surface area contributed by atoms with Crippen molar-refractivity contribution in [2.75, 3.05) is 39.6 Å². The van der Waals surface area contributed by atoms with Crippen LogP contribution in [0, 0.1) is 0 Å². The Labute approximate surface area is 144 Å². The molecule has 24 heavy (non-hydrogen) atoms. The van der Waals surface area contributed by atoms with Crippen molar-refractivity contribution in [1.82, 2.24) is 4.90 Å². The van der Waals surface area contributed by atoms with Crippen molar-refractivity contribution in [1.29, 1.82) is 0 Å². The van der Waals surface area contributed by atoms with Crippen LogP contribution in [-0.4, -0.2) is 67.0 Å². The van der Waals surface area contributed by atoms with E-state index in [2.05, 4.69) is 25.8 Å². The smallest absolute Gasteiger partial charge is 0.268 e. The van der Waals surface area contributed by atoms with E-state index in [4.69, 9.17) is 4.74 Å². The fourth-order valence-corrected chi connectivity index (χ4v) is 2.34. The largest absolute Gasteiger partial charge is 0.505 e. The SMILES string of the molecule is C=NS(=O)/N=C(\CNc1cccc(C(=NC)N(C)C)c1O)OCC. The Morgan fingerprint density at radius 1 is 1.46 bits per heavy atom. The van der Waals surface area contributed by atoms with Gasteiger partial charge in [-0.1, -0.05) is 6.07 Å². The Morgan fingerprint density at radius 3 is 2.71 bits per heavy atom. The summed E-state index contributed by atoms with van der Waals surface area (Å²) in [6, 6.07) is 5.29. The molecule has 0 aliphatic rings. The van der Waals surface area contributed by atoms with Crippen molar-refractivity contribution >= 4 is 35.3 Å². The lowest BCUT2D eigenvalue weighted by Gasteiger charge is -2.18. The Hall–Kier alpha value is -2.42. The van der Waals surface area contributed by atoms with Crippen LogP contribution in [0.15, 0.2) is 32.0 Å². The number of ether oxygens (including phenoxy) is 1. The summed E-state index contributed by atoms with van der Waals surface area (Å²) < 4.78 is 23.8. The molecule has 0 saturated carbocycles. The van der Waals surface area contributed by atoms with Gasteiger partial charge in [-0.2, -0.15) is 4.40 Å². The first-order valence-electron chi connectivity index (χ1n) is 7.24. The third-order valence-corrected chi connectivity index (χ3v) is 3.52. The molecule has 9 heteroatoms. The van der Waals surface area contributed by atoms with Crippen LogP contribution in [0.5, 0.6) is 5.75 Å². The van der Waals surface area contributed by atoms with Gasteiger partial charge in [0.2, 0.25) is 5.90 Å². The average Bonchev–Trinajstić information content (AvgIpc) is 2.55. The summed E-state index contributed by atoms with van der Waals surface area (Å²) in [5, 5.41) is 13.5. The Balaban J connectivity index is 3.02. The summed E-state index contributed by atoms with van der Waals surface area (Å²) >= 11 is -1.79. The van der Waals surface area contributed by atoms with Gasteiger partial charge >= 0.3 is 0 Å². The van der Waals surface area contributed by atoms with Crippen molar-refractivity contribution in [2.45, 2.75) is 6.92 Å². The number of anilines is 1. The summed E-state index contributed by atoms with van der Waals surface area (Å²) in [5.41, 5.74) is 1.08. The summed E-state index contributed by atoms with van der Waals surface area (Å²) in [6.07, 6.45) is 0. The quantitative estimate of drug-likeness (QED) is 0.439. The molecular formula is C15H23N5O3S. The number of hydrogen-bond acceptors (Lipinski definition) is 5. The molecule has 0 bridgehead atoms. The molecule has 0 fully saturated rings. The maximum atomic E-state index is 11.3. The van der Waals surface area contributed by atoms with Crippen LogP contribution in [0.2, 0.25) is 0 Å². The summed E-state index contributed by atoms with van der Waals surface area (Å²) in [4.78, 5) is 5.99. The average molecular weight is 353 g/mol. The van der Waals surface area contributed by atoms with E-state index in [1.807, 2.05) is 19.0 Å². The van der Waals surface area contributed by atoms with Gasteiger partial charge in [0.05, 0.1) is 24.4 Å². The van der Waals surface area contributed by atoms with Crippen molar-refractivity contribution in [3.8, 4) is 5.75 Å². The number of aromatic hydroxyl groups is 1. The second-order valence-corrected chi connectivity index (χ2v) is 5.68. The number of rotatable bonds is 7. The van der Waals surface area contributed by atoms with Gasteiger partial charge in [0.1, 0.15) is 11.6 Å². The second-order valence-electron chi connectivity index (χ2n) is 4.77. The molecular weight excluding hydrogens is 330 g/mol. The van der Waals surface area contributed by atoms with Crippen molar-refractivity contribution in [2.24, 2.45) is 13.8 Å². The third-order valence-electron chi connectivity index (χ3n) is 2.94. The lowest BCUT2D eigenvalue weighted by molar-refractivity contribution is 0.324. The van der Waals surface area contributed by atoms with Gasteiger partial charge in [0.25, 0.3) is 11.2 Å². The molecule has 132 valence electrons. The van der Waals surface area contributed by atoms with Crippen LogP contribution < -0.4 is 5.32 Å². The number of phenolic OH excluding ortho intramolecular Hbond substituents is 1. The number of nitrogens with one attached hydrogen (secondary N) is 1. The molecule has 2 N–H and O–H groups in total. The first-order chi connectivity index (χ1) is 11.4. The van der Waals surface area contributed by atoms with E-state index in [0.29, 0.717) is 23.7 Å². The van der Waals surface area contributed by atoms with Crippen molar-refractivity contribution in [3.63, 3.8) is 0 Å². The molecule has 1 aromatic rings. The van der Waals surface area contributed by atoms with E-state index in [-0.39, 0.29) is 18.2 Å². The minimum Gasteiger partial charge on any atom is -0.505 e. The van der Waals surface area contributed by atoms with Crippen LogP contribution in [0.1, 0.15) is 12.5 Å². The fraction of sp³-hybridized carbons (Fsp3) is 0.400. The van der Waals surface area contributed by atoms with Crippen LogP contribution >= 0.6 is 0 Å². The van der Waals surface area contributed by atoms with E-state index < -0.39 is 11.2 Å². The van der Waals surface area contributed by atoms with Gasteiger partial charge in [0.15, 0.2) is 0 Å². The zero-order valence-corrected chi connectivity index (χ0v) is 15.1. The molecule has 0 radical (unpaired) electrons. The summed E-state index contributed by atoms with van der Waals surface area (Å²) in [6.45, 7) is 5.48. The van der Waals surface area contributed by atoms with E-state index in [1.54, 1.807) is 32.2 Å². The van der Waals surface area contributed by atoms with Crippen molar-refractivity contribution in [3.05, 3.63) is 23.8 Å². The second kappa shape index (κ2) is 9.66. The lowest BCUT2D eigenvalue weighted by atomic mass is 10.1. The number of hydrogen-bond donors (Lipinski definition) is 2. The fourth-order valence-electron chi connectivity index (χ4n) is 1.99. The first-order valence-corrected chi connectivity index (χ1v) is 8.30. The Morgan fingerprint density at radius 2 is 2.17 bits per heavy atom. The van der Waals surface area contributed by atoms with Crippen molar-refractivity contribution < 1.29 is 14.1 Å². The standard InChI is InChI=1S/C15H23N5O3S/c1-6-23-13(19-24(22)17-3)10-18-12-9-7-8-11(14(12)21)15(16-2)20(4)5/h7-9,18,21H,3,6,10H2,1-2,4-5H3/b16-15?,19-13+. The number of nitrogens with zero attached hydrogens (tertiary/aromatic N) is 4. The molecule has 0 amide bonds. The van der Waals surface area contributed by atoms with Crippen LogP contribution in [0.3, 0.4) is 0 Å². The molecule has 8 nitrogen and oxygen atoms in total. The molecule has 1 rings (SSSR count). The topological polar surface area (TPSA) is 98.9 Å². The molecule has 0 heterocycles. The van der Waals surface area contributed by atoms with Gasteiger partial charge in [-0.25, -0.2) is 4.21 Å². The first kappa shape index (κ1) is 19.6. The highest BCUT2D eigenvalue weighted by molar-refractivity contribution is 7.82. The minimum atomic E-state index is -1.79. The zero-order chi connectivity index (χ0) is 18.1. The monoisotopic (exact) mass is 353 g/mol. The molecule has 0 spiro atoms. The molecule has 1 aromatic carbocycles. The van der Waals surface area contributed by atoms with Gasteiger partial charge < -0.3 is 20.1 Å². The van der Waals surface area contributed by atoms with Gasteiger partial charge in [-0.3, -0.25) is 4.99 Å². The number of benzene rings is 1. The highest BCUT2D eigenvalue weighted by Crippen LogP contribution is 2.28. The van der Waals surface area contributed by atoms with E-state index >= 15 is 0 Å². The maximum Gasteiger partial charge on any atom is 0.268 e. The summed E-state index contributed by atoms with van der Waals surface area (Å²) in [5.74, 6) is 0.919. The normalized spacial score (nSPS) is 13.3.